The highest BCUT2D eigenvalue weighted by atomic mass is 35.5. The molecule has 9 heteroatoms. The topological polar surface area (TPSA) is 109 Å². The molecule has 140 valence electrons. The van der Waals surface area contributed by atoms with Gasteiger partial charge in [0.25, 0.3) is 0 Å². The van der Waals surface area contributed by atoms with Crippen molar-refractivity contribution in [2.24, 2.45) is 0 Å². The third kappa shape index (κ3) is 5.97. The Kier molecular flexibility index (Phi) is 7.64. The molecule has 0 aromatic carbocycles. The lowest BCUT2D eigenvalue weighted by Crippen LogP contribution is -2.40. The number of rotatable bonds is 6. The molecule has 2 aliphatic rings. The minimum absolute atomic E-state index is 0. The van der Waals surface area contributed by atoms with Gasteiger partial charge in [0.2, 0.25) is 17.7 Å². The van der Waals surface area contributed by atoms with Crippen LogP contribution in [0.5, 0.6) is 0 Å². The van der Waals surface area contributed by atoms with Crippen molar-refractivity contribution in [1.29, 1.82) is 0 Å². The number of hydrogen-bond acceptors (Lipinski definition) is 6. The van der Waals surface area contributed by atoms with E-state index in [0.717, 1.165) is 32.2 Å². The van der Waals surface area contributed by atoms with Crippen molar-refractivity contribution >= 4 is 24.2 Å². The smallest absolute Gasteiger partial charge is 0.246 e. The molecule has 2 fully saturated rings. The minimum atomic E-state index is -0.131. The number of carbonyl (C=O) groups is 2. The molecule has 1 aliphatic carbocycles. The van der Waals surface area contributed by atoms with Crippen molar-refractivity contribution in [3.8, 4) is 0 Å². The highest BCUT2D eigenvalue weighted by molar-refractivity contribution is 5.85. The van der Waals surface area contributed by atoms with E-state index >= 15 is 0 Å². The Bertz CT molecular complexity index is 568. The molecule has 1 aromatic heterocycles. The quantitative estimate of drug-likeness (QED) is 0.684. The lowest BCUT2D eigenvalue weighted by molar-refractivity contribution is -0.123. The Labute approximate surface area is 153 Å². The maximum atomic E-state index is 12.0. The third-order valence-corrected chi connectivity index (χ3v) is 4.59. The van der Waals surface area contributed by atoms with Gasteiger partial charge in [-0.3, -0.25) is 9.59 Å². The van der Waals surface area contributed by atoms with Crippen molar-refractivity contribution in [1.82, 2.24) is 26.1 Å². The minimum Gasteiger partial charge on any atom is -0.353 e. The van der Waals surface area contributed by atoms with Gasteiger partial charge in [-0.05, 0) is 32.2 Å². The van der Waals surface area contributed by atoms with Gasteiger partial charge < -0.3 is 20.5 Å². The number of amides is 2. The summed E-state index contributed by atoms with van der Waals surface area (Å²) < 4.78 is 5.09. The molecule has 0 radical (unpaired) electrons. The second kappa shape index (κ2) is 9.72. The van der Waals surface area contributed by atoms with Crippen LogP contribution >= 0.6 is 12.4 Å². The molecule has 1 saturated carbocycles. The summed E-state index contributed by atoms with van der Waals surface area (Å²) in [6.45, 7) is 1.06. The highest BCUT2D eigenvalue weighted by Gasteiger charge is 2.22. The van der Waals surface area contributed by atoms with Gasteiger partial charge in [-0.25, -0.2) is 0 Å². The first-order valence-electron chi connectivity index (χ1n) is 8.82. The van der Waals surface area contributed by atoms with Crippen molar-refractivity contribution in [3.63, 3.8) is 0 Å². The van der Waals surface area contributed by atoms with Crippen LogP contribution in [-0.4, -0.2) is 40.6 Å². The molecule has 1 aliphatic heterocycles. The van der Waals surface area contributed by atoms with Gasteiger partial charge in [-0.2, -0.15) is 4.98 Å². The number of nitrogens with one attached hydrogen (secondary N) is 3. The van der Waals surface area contributed by atoms with Crippen LogP contribution in [0.4, 0.5) is 0 Å². The molecular formula is C16H26ClN5O3. The summed E-state index contributed by atoms with van der Waals surface area (Å²) in [6, 6.07) is 0.143. The Hall–Kier alpha value is -1.67. The summed E-state index contributed by atoms with van der Waals surface area (Å²) in [7, 11) is 0. The molecule has 1 aromatic rings. The van der Waals surface area contributed by atoms with Gasteiger partial charge in [0.15, 0.2) is 5.82 Å². The normalized spacial score (nSPS) is 20.7. The van der Waals surface area contributed by atoms with Crippen molar-refractivity contribution in [2.75, 3.05) is 6.54 Å². The average Bonchev–Trinajstić information content (AvgIpc) is 3.25. The van der Waals surface area contributed by atoms with Crippen LogP contribution in [0.25, 0.3) is 0 Å². The van der Waals surface area contributed by atoms with Crippen LogP contribution < -0.4 is 16.0 Å². The SMILES string of the molecule is Cl.O=C(Cc1noc(CNC(=O)C2CCCN2)n1)NC1CCCCC1. The first kappa shape index (κ1) is 19.7. The van der Waals surface area contributed by atoms with E-state index in [1.807, 2.05) is 0 Å². The fourth-order valence-electron chi connectivity index (χ4n) is 3.30. The zero-order valence-electron chi connectivity index (χ0n) is 14.3. The van der Waals surface area contributed by atoms with Crippen LogP contribution in [-0.2, 0) is 22.6 Å². The second-order valence-corrected chi connectivity index (χ2v) is 6.55. The molecular weight excluding hydrogens is 346 g/mol. The average molecular weight is 372 g/mol. The highest BCUT2D eigenvalue weighted by Crippen LogP contribution is 2.17. The van der Waals surface area contributed by atoms with E-state index in [-0.39, 0.29) is 49.3 Å². The van der Waals surface area contributed by atoms with Gasteiger partial charge in [0.1, 0.15) is 0 Å². The van der Waals surface area contributed by atoms with Crippen LogP contribution in [0, 0.1) is 0 Å². The maximum absolute atomic E-state index is 12.0. The van der Waals surface area contributed by atoms with E-state index in [0.29, 0.717) is 11.7 Å². The summed E-state index contributed by atoms with van der Waals surface area (Å²) in [4.78, 5) is 28.1. The van der Waals surface area contributed by atoms with Crippen molar-refractivity contribution < 1.29 is 14.1 Å². The molecule has 3 N–H and O–H groups in total. The monoisotopic (exact) mass is 371 g/mol. The van der Waals surface area contributed by atoms with Gasteiger partial charge in [-0.15, -0.1) is 12.4 Å². The lowest BCUT2D eigenvalue weighted by Gasteiger charge is -2.22. The molecule has 1 unspecified atom stereocenters. The third-order valence-electron chi connectivity index (χ3n) is 4.59. The Balaban J connectivity index is 0.00000225. The molecule has 25 heavy (non-hydrogen) atoms. The zero-order valence-corrected chi connectivity index (χ0v) is 15.1. The molecule has 0 bridgehead atoms. The molecule has 1 saturated heterocycles. The van der Waals surface area contributed by atoms with E-state index < -0.39 is 0 Å². The van der Waals surface area contributed by atoms with Crippen molar-refractivity contribution in [2.45, 2.75) is 70.0 Å². The Morgan fingerprint density at radius 1 is 1.16 bits per heavy atom. The molecule has 2 amide bonds. The molecule has 1 atom stereocenters. The van der Waals surface area contributed by atoms with E-state index in [9.17, 15) is 9.59 Å². The van der Waals surface area contributed by atoms with Crippen LogP contribution in [0.1, 0.15) is 56.7 Å². The lowest BCUT2D eigenvalue weighted by atomic mass is 9.95. The van der Waals surface area contributed by atoms with E-state index in [1.54, 1.807) is 0 Å². The first-order valence-corrected chi connectivity index (χ1v) is 8.82. The van der Waals surface area contributed by atoms with E-state index in [4.69, 9.17) is 4.52 Å². The Morgan fingerprint density at radius 3 is 2.68 bits per heavy atom. The molecule has 2 heterocycles. The van der Waals surface area contributed by atoms with Crippen LogP contribution in [0.15, 0.2) is 4.52 Å². The molecule has 3 rings (SSSR count). The largest absolute Gasteiger partial charge is 0.353 e. The van der Waals surface area contributed by atoms with Crippen molar-refractivity contribution in [3.05, 3.63) is 11.7 Å². The number of aromatic nitrogens is 2. The standard InChI is InChI=1S/C16H25N5O3.ClH/c22-14(19-11-5-2-1-3-6-11)9-13-20-15(24-21-13)10-18-16(23)12-7-4-8-17-12;/h11-12,17H,1-10H2,(H,18,23)(H,19,22);1H. The summed E-state index contributed by atoms with van der Waals surface area (Å²) in [5.41, 5.74) is 0. The first-order chi connectivity index (χ1) is 11.7. The summed E-state index contributed by atoms with van der Waals surface area (Å²) in [6.07, 6.45) is 7.66. The number of hydrogen-bond donors (Lipinski definition) is 3. The van der Waals surface area contributed by atoms with E-state index in [1.165, 1.54) is 19.3 Å². The Morgan fingerprint density at radius 2 is 1.96 bits per heavy atom. The van der Waals surface area contributed by atoms with Gasteiger partial charge in [0.05, 0.1) is 19.0 Å². The number of carbonyl (C=O) groups excluding carboxylic acids is 2. The summed E-state index contributed by atoms with van der Waals surface area (Å²) >= 11 is 0. The zero-order chi connectivity index (χ0) is 16.8. The summed E-state index contributed by atoms with van der Waals surface area (Å²) in [5, 5.41) is 12.7. The summed E-state index contributed by atoms with van der Waals surface area (Å²) in [5.74, 6) is 0.545. The molecule has 8 nitrogen and oxygen atoms in total. The predicted octanol–water partition coefficient (Wildman–Crippen LogP) is 0.851. The number of nitrogens with zero attached hydrogens (tertiary/aromatic N) is 2. The maximum Gasteiger partial charge on any atom is 0.246 e. The van der Waals surface area contributed by atoms with Crippen LogP contribution in [0.3, 0.4) is 0 Å². The predicted molar refractivity (Wildman–Crippen MR) is 93.1 cm³/mol. The second-order valence-electron chi connectivity index (χ2n) is 6.55. The van der Waals surface area contributed by atoms with Crippen LogP contribution in [0.2, 0.25) is 0 Å². The fourth-order valence-corrected chi connectivity index (χ4v) is 3.30. The molecule has 0 spiro atoms. The number of halogens is 1. The van der Waals surface area contributed by atoms with E-state index in [2.05, 4.69) is 26.1 Å². The van der Waals surface area contributed by atoms with Gasteiger partial charge >= 0.3 is 0 Å². The van der Waals surface area contributed by atoms with Gasteiger partial charge in [0, 0.05) is 6.04 Å². The fraction of sp³-hybridized carbons (Fsp3) is 0.750. The van der Waals surface area contributed by atoms with Gasteiger partial charge in [-0.1, -0.05) is 24.4 Å².